The number of nitrogens with one attached hydrogen (secondary N) is 1. The second-order valence-corrected chi connectivity index (χ2v) is 4.96. The zero-order chi connectivity index (χ0) is 15.6. The molecule has 1 aliphatic heterocycles. The molecule has 0 bridgehead atoms. The van der Waals surface area contributed by atoms with Crippen molar-refractivity contribution in [3.05, 3.63) is 41.6 Å². The van der Waals surface area contributed by atoms with E-state index in [-0.39, 0.29) is 11.7 Å². The highest BCUT2D eigenvalue weighted by atomic mass is 32.1. The number of rotatable bonds is 4. The van der Waals surface area contributed by atoms with Crippen LogP contribution in [-0.2, 0) is 11.2 Å². The van der Waals surface area contributed by atoms with Crippen LogP contribution < -0.4 is 10.1 Å². The predicted molar refractivity (Wildman–Crippen MR) is 85.0 cm³/mol. The van der Waals surface area contributed by atoms with E-state index in [0.717, 1.165) is 5.56 Å². The number of hydrogen-bond acceptors (Lipinski definition) is 4. The fourth-order valence-electron chi connectivity index (χ4n) is 2.03. The number of nitrogens with zero attached hydrogens (tertiary/aromatic N) is 1. The van der Waals surface area contributed by atoms with Crippen LogP contribution in [0, 0.1) is 0 Å². The van der Waals surface area contributed by atoms with Crippen molar-refractivity contribution in [1.82, 2.24) is 10.2 Å². The molecular weight excluding hydrogens is 288 g/mol. The van der Waals surface area contributed by atoms with Gasteiger partial charge in [-0.1, -0.05) is 6.08 Å². The van der Waals surface area contributed by atoms with E-state index >= 15 is 0 Å². The number of amides is 1. The third-order valence-corrected chi connectivity index (χ3v) is 3.53. The van der Waals surface area contributed by atoms with Gasteiger partial charge in [-0.25, -0.2) is 0 Å². The Hall–Kier alpha value is -2.34. The molecule has 1 aliphatic rings. The molecule has 0 atom stereocenters. The van der Waals surface area contributed by atoms with Gasteiger partial charge in [0.25, 0.3) is 5.91 Å². The molecule has 0 aromatic heterocycles. The summed E-state index contributed by atoms with van der Waals surface area (Å²) in [7, 11) is 3.09. The molecule has 1 fully saturated rings. The van der Waals surface area contributed by atoms with Crippen LogP contribution in [0.1, 0.15) is 11.1 Å². The number of benzene rings is 1. The van der Waals surface area contributed by atoms with Crippen LogP contribution in [0.5, 0.6) is 11.5 Å². The lowest BCUT2D eigenvalue weighted by Crippen LogP contribution is -2.25. The van der Waals surface area contributed by atoms with E-state index in [9.17, 15) is 9.90 Å². The van der Waals surface area contributed by atoms with Crippen LogP contribution in [0.15, 0.2) is 30.5 Å². The maximum atomic E-state index is 12.0. The first kappa shape index (κ1) is 15.1. The monoisotopic (exact) mass is 304 g/mol. The summed E-state index contributed by atoms with van der Waals surface area (Å²) in [6.07, 6.45) is 3.86. The number of allylic oxidation sites excluding steroid dienone is 1. The molecule has 2 N–H and O–H groups in total. The number of hydrogen-bond donors (Lipinski definition) is 2. The van der Waals surface area contributed by atoms with E-state index in [1.165, 1.54) is 12.0 Å². The summed E-state index contributed by atoms with van der Waals surface area (Å²) >= 11 is 5.02. The predicted octanol–water partition coefficient (Wildman–Crippen LogP) is 1.82. The molecule has 0 aliphatic carbocycles. The Kier molecular flexibility index (Phi) is 4.28. The van der Waals surface area contributed by atoms with Gasteiger partial charge < -0.3 is 15.2 Å². The molecule has 6 heteroatoms. The first-order valence-corrected chi connectivity index (χ1v) is 6.70. The Morgan fingerprint density at radius 1 is 1.52 bits per heavy atom. The average Bonchev–Trinajstić information content (AvgIpc) is 2.70. The molecule has 1 saturated heterocycles. The third kappa shape index (κ3) is 2.90. The standard InChI is InChI=1S/C15H16N2O3S/c1-4-5-10-6-9(8-12(20-3)13(10)18)7-11-14(19)17(2)15(21)16-11/h4,6-8,18H,1,5H2,2-3H3,(H,16,21)/b11-7+. The van der Waals surface area contributed by atoms with E-state index in [1.807, 2.05) is 0 Å². The molecule has 1 aromatic rings. The number of methoxy groups -OCH3 is 1. The Balaban J connectivity index is 2.45. The number of likely N-dealkylation sites (N-methyl/N-ethyl adjacent to an activating group) is 1. The minimum atomic E-state index is -0.197. The lowest BCUT2D eigenvalue weighted by molar-refractivity contribution is -0.121. The molecule has 0 saturated carbocycles. The maximum Gasteiger partial charge on any atom is 0.276 e. The van der Waals surface area contributed by atoms with Gasteiger partial charge >= 0.3 is 0 Å². The minimum Gasteiger partial charge on any atom is -0.504 e. The Bertz CT molecular complexity index is 653. The van der Waals surface area contributed by atoms with Crippen LogP contribution in [0.3, 0.4) is 0 Å². The number of carbonyl (C=O) groups is 1. The summed E-state index contributed by atoms with van der Waals surface area (Å²) in [4.78, 5) is 13.3. The number of thiocarbonyl (C=S) groups is 1. The summed E-state index contributed by atoms with van der Waals surface area (Å²) < 4.78 is 5.15. The third-order valence-electron chi connectivity index (χ3n) is 3.15. The van der Waals surface area contributed by atoms with E-state index in [2.05, 4.69) is 11.9 Å². The Morgan fingerprint density at radius 3 is 2.76 bits per heavy atom. The van der Waals surface area contributed by atoms with E-state index in [1.54, 1.807) is 31.3 Å². The minimum absolute atomic E-state index is 0.0814. The number of phenolic OH excluding ortho intramolecular Hbond substituents is 1. The normalized spacial score (nSPS) is 16.3. The van der Waals surface area contributed by atoms with Gasteiger partial charge in [-0.15, -0.1) is 6.58 Å². The molecule has 0 unspecified atom stereocenters. The van der Waals surface area contributed by atoms with Crippen LogP contribution in [0.4, 0.5) is 0 Å². The number of phenols is 1. The van der Waals surface area contributed by atoms with Gasteiger partial charge in [-0.3, -0.25) is 9.69 Å². The number of aromatic hydroxyl groups is 1. The van der Waals surface area contributed by atoms with Gasteiger partial charge in [0.05, 0.1) is 7.11 Å². The Morgan fingerprint density at radius 2 is 2.24 bits per heavy atom. The van der Waals surface area contributed by atoms with Gasteiger partial charge in [0.15, 0.2) is 16.6 Å². The second-order valence-electron chi connectivity index (χ2n) is 4.58. The molecule has 21 heavy (non-hydrogen) atoms. The molecule has 1 heterocycles. The van der Waals surface area contributed by atoms with Crippen LogP contribution in [-0.4, -0.2) is 35.2 Å². The summed E-state index contributed by atoms with van der Waals surface area (Å²) in [5.74, 6) is 0.234. The van der Waals surface area contributed by atoms with Crippen molar-refractivity contribution in [3.63, 3.8) is 0 Å². The van der Waals surface area contributed by atoms with Crippen molar-refractivity contribution in [3.8, 4) is 11.5 Å². The summed E-state index contributed by atoms with van der Waals surface area (Å²) in [5.41, 5.74) is 1.80. The molecule has 1 amide bonds. The fraction of sp³-hybridized carbons (Fsp3) is 0.200. The molecule has 0 spiro atoms. The van der Waals surface area contributed by atoms with Crippen molar-refractivity contribution in [2.75, 3.05) is 14.2 Å². The molecule has 2 rings (SSSR count). The highest BCUT2D eigenvalue weighted by Crippen LogP contribution is 2.32. The molecular formula is C15H16N2O3S. The zero-order valence-electron chi connectivity index (χ0n) is 11.8. The van der Waals surface area contributed by atoms with Crippen molar-refractivity contribution in [2.24, 2.45) is 0 Å². The summed E-state index contributed by atoms with van der Waals surface area (Å²) in [5, 5.41) is 13.3. The van der Waals surface area contributed by atoms with E-state index < -0.39 is 0 Å². The quantitative estimate of drug-likeness (QED) is 0.505. The highest BCUT2D eigenvalue weighted by molar-refractivity contribution is 7.80. The second kappa shape index (κ2) is 5.97. The topological polar surface area (TPSA) is 61.8 Å². The molecule has 1 aromatic carbocycles. The number of ether oxygens (including phenoxy) is 1. The Labute approximate surface area is 128 Å². The lowest BCUT2D eigenvalue weighted by Gasteiger charge is -2.09. The molecule has 0 radical (unpaired) electrons. The summed E-state index contributed by atoms with van der Waals surface area (Å²) in [6.45, 7) is 3.66. The van der Waals surface area contributed by atoms with Crippen LogP contribution >= 0.6 is 12.2 Å². The van der Waals surface area contributed by atoms with E-state index in [4.69, 9.17) is 17.0 Å². The summed E-state index contributed by atoms with van der Waals surface area (Å²) in [6, 6.07) is 3.44. The van der Waals surface area contributed by atoms with Crippen molar-refractivity contribution in [2.45, 2.75) is 6.42 Å². The zero-order valence-corrected chi connectivity index (χ0v) is 12.7. The average molecular weight is 304 g/mol. The lowest BCUT2D eigenvalue weighted by atomic mass is 10.0. The first-order chi connectivity index (χ1) is 9.97. The number of carbonyl (C=O) groups excluding carboxylic acids is 1. The fourth-order valence-corrected chi connectivity index (χ4v) is 2.22. The first-order valence-electron chi connectivity index (χ1n) is 6.29. The smallest absolute Gasteiger partial charge is 0.276 e. The van der Waals surface area contributed by atoms with Crippen molar-refractivity contribution >= 4 is 29.3 Å². The molecule has 110 valence electrons. The highest BCUT2D eigenvalue weighted by Gasteiger charge is 2.27. The van der Waals surface area contributed by atoms with Gasteiger partial charge in [0.1, 0.15) is 5.70 Å². The van der Waals surface area contributed by atoms with Crippen LogP contribution in [0.25, 0.3) is 6.08 Å². The van der Waals surface area contributed by atoms with E-state index in [0.29, 0.717) is 28.5 Å². The van der Waals surface area contributed by atoms with Gasteiger partial charge in [-0.05, 0) is 42.4 Å². The maximum absolute atomic E-state index is 12.0. The van der Waals surface area contributed by atoms with Gasteiger partial charge in [0, 0.05) is 12.6 Å². The van der Waals surface area contributed by atoms with Gasteiger partial charge in [-0.2, -0.15) is 0 Å². The molecule has 5 nitrogen and oxygen atoms in total. The van der Waals surface area contributed by atoms with Crippen molar-refractivity contribution < 1.29 is 14.6 Å². The largest absolute Gasteiger partial charge is 0.504 e. The van der Waals surface area contributed by atoms with Gasteiger partial charge in [0.2, 0.25) is 0 Å². The SMILES string of the molecule is C=CCc1cc(/C=C2/NC(=S)N(C)C2=O)cc(OC)c1O. The van der Waals surface area contributed by atoms with Crippen molar-refractivity contribution in [1.29, 1.82) is 0 Å². The van der Waals surface area contributed by atoms with Crippen LogP contribution in [0.2, 0.25) is 0 Å².